The second-order valence-corrected chi connectivity index (χ2v) is 5.58. The highest BCUT2D eigenvalue weighted by Crippen LogP contribution is 2.56. The summed E-state index contributed by atoms with van der Waals surface area (Å²) in [6.07, 6.45) is -0.0827. The quantitative estimate of drug-likeness (QED) is 0.869. The van der Waals surface area contributed by atoms with Crippen LogP contribution in [0.2, 0.25) is 0 Å². The Labute approximate surface area is 134 Å². The fourth-order valence-electron chi connectivity index (χ4n) is 3.34. The van der Waals surface area contributed by atoms with Crippen LogP contribution in [0.1, 0.15) is 23.1 Å². The van der Waals surface area contributed by atoms with E-state index in [0.29, 0.717) is 18.1 Å². The van der Waals surface area contributed by atoms with Crippen molar-refractivity contribution < 1.29 is 23.7 Å². The zero-order chi connectivity index (χ0) is 16.0. The van der Waals surface area contributed by atoms with Crippen LogP contribution in [-0.2, 0) is 0 Å². The SMILES string of the molecule is COc1ccc2c(c1)OC[C@@H]1c3ccc(OC)c(OC)c3O[C@H]21. The molecule has 0 radical (unpaired) electrons. The van der Waals surface area contributed by atoms with Gasteiger partial charge in [0.2, 0.25) is 5.75 Å². The molecule has 4 rings (SSSR count). The van der Waals surface area contributed by atoms with Gasteiger partial charge in [0.1, 0.15) is 17.6 Å². The van der Waals surface area contributed by atoms with Gasteiger partial charge in [-0.05, 0) is 18.2 Å². The Hall–Kier alpha value is -2.56. The lowest BCUT2D eigenvalue weighted by Gasteiger charge is -2.28. The highest BCUT2D eigenvalue weighted by molar-refractivity contribution is 5.61. The van der Waals surface area contributed by atoms with E-state index in [1.807, 2.05) is 30.3 Å². The predicted octanol–water partition coefficient (Wildman–Crippen LogP) is 3.32. The monoisotopic (exact) mass is 314 g/mol. The van der Waals surface area contributed by atoms with E-state index in [4.69, 9.17) is 23.7 Å². The molecular formula is C18H18O5. The topological polar surface area (TPSA) is 46.2 Å². The van der Waals surface area contributed by atoms with Crippen LogP contribution in [0, 0.1) is 0 Å². The van der Waals surface area contributed by atoms with Gasteiger partial charge in [-0.2, -0.15) is 0 Å². The van der Waals surface area contributed by atoms with Crippen LogP contribution in [-0.4, -0.2) is 27.9 Å². The van der Waals surface area contributed by atoms with Crippen molar-refractivity contribution in [1.82, 2.24) is 0 Å². The number of rotatable bonds is 3. The van der Waals surface area contributed by atoms with Gasteiger partial charge in [-0.3, -0.25) is 0 Å². The van der Waals surface area contributed by atoms with Crippen LogP contribution in [0.25, 0.3) is 0 Å². The predicted molar refractivity (Wildman–Crippen MR) is 84.1 cm³/mol. The summed E-state index contributed by atoms with van der Waals surface area (Å²) >= 11 is 0. The van der Waals surface area contributed by atoms with Gasteiger partial charge in [0, 0.05) is 17.2 Å². The van der Waals surface area contributed by atoms with E-state index >= 15 is 0 Å². The molecule has 0 spiro atoms. The van der Waals surface area contributed by atoms with E-state index in [1.165, 1.54) is 0 Å². The summed E-state index contributed by atoms with van der Waals surface area (Å²) in [6, 6.07) is 9.76. The van der Waals surface area contributed by atoms with E-state index < -0.39 is 0 Å². The van der Waals surface area contributed by atoms with E-state index in [0.717, 1.165) is 28.4 Å². The average Bonchev–Trinajstić information content (AvgIpc) is 2.99. The van der Waals surface area contributed by atoms with E-state index in [-0.39, 0.29) is 12.0 Å². The lowest BCUT2D eigenvalue weighted by atomic mass is 9.89. The molecule has 0 fully saturated rings. The van der Waals surface area contributed by atoms with E-state index in [9.17, 15) is 0 Å². The Morgan fingerprint density at radius 1 is 0.957 bits per heavy atom. The molecule has 23 heavy (non-hydrogen) atoms. The summed E-state index contributed by atoms with van der Waals surface area (Å²) in [5.41, 5.74) is 2.12. The minimum Gasteiger partial charge on any atom is -0.497 e. The Bertz CT molecular complexity index is 755. The number of hydrogen-bond donors (Lipinski definition) is 0. The number of fused-ring (bicyclic) bond motifs is 5. The van der Waals surface area contributed by atoms with Crippen LogP contribution in [0.15, 0.2) is 30.3 Å². The average molecular weight is 314 g/mol. The third kappa shape index (κ3) is 2.00. The van der Waals surface area contributed by atoms with E-state index in [1.54, 1.807) is 21.3 Å². The summed E-state index contributed by atoms with van der Waals surface area (Å²) in [6.45, 7) is 0.563. The molecule has 5 nitrogen and oxygen atoms in total. The minimum absolute atomic E-state index is 0.0827. The molecule has 0 N–H and O–H groups in total. The van der Waals surface area contributed by atoms with Crippen molar-refractivity contribution in [3.8, 4) is 28.7 Å². The number of methoxy groups -OCH3 is 3. The second-order valence-electron chi connectivity index (χ2n) is 5.58. The van der Waals surface area contributed by atoms with Crippen molar-refractivity contribution in [3.05, 3.63) is 41.5 Å². The van der Waals surface area contributed by atoms with Gasteiger partial charge < -0.3 is 23.7 Å². The van der Waals surface area contributed by atoms with Gasteiger partial charge in [-0.1, -0.05) is 6.07 Å². The number of benzene rings is 2. The molecule has 0 saturated carbocycles. The highest BCUT2D eigenvalue weighted by atomic mass is 16.5. The first-order valence-corrected chi connectivity index (χ1v) is 7.49. The van der Waals surface area contributed by atoms with Crippen molar-refractivity contribution in [2.45, 2.75) is 12.0 Å². The van der Waals surface area contributed by atoms with Crippen LogP contribution in [0.4, 0.5) is 0 Å². The number of hydrogen-bond acceptors (Lipinski definition) is 5. The first-order chi connectivity index (χ1) is 11.3. The molecular weight excluding hydrogens is 296 g/mol. The number of ether oxygens (including phenoxy) is 5. The van der Waals surface area contributed by atoms with Crippen LogP contribution >= 0.6 is 0 Å². The third-order valence-corrected chi connectivity index (χ3v) is 4.49. The summed E-state index contributed by atoms with van der Waals surface area (Å²) in [4.78, 5) is 0. The van der Waals surface area contributed by atoms with Crippen molar-refractivity contribution in [2.75, 3.05) is 27.9 Å². The van der Waals surface area contributed by atoms with Crippen molar-refractivity contribution >= 4 is 0 Å². The Morgan fingerprint density at radius 3 is 2.52 bits per heavy atom. The zero-order valence-electron chi connectivity index (χ0n) is 13.3. The third-order valence-electron chi connectivity index (χ3n) is 4.49. The molecule has 0 saturated heterocycles. The van der Waals surface area contributed by atoms with Gasteiger partial charge in [0.15, 0.2) is 11.5 Å². The van der Waals surface area contributed by atoms with Gasteiger partial charge in [-0.25, -0.2) is 0 Å². The molecule has 0 aromatic heterocycles. The van der Waals surface area contributed by atoms with Crippen molar-refractivity contribution in [1.29, 1.82) is 0 Å². The van der Waals surface area contributed by atoms with Gasteiger partial charge in [-0.15, -0.1) is 0 Å². The molecule has 0 bridgehead atoms. The largest absolute Gasteiger partial charge is 0.497 e. The molecule has 2 atom stereocenters. The lowest BCUT2D eigenvalue weighted by molar-refractivity contribution is 0.136. The summed E-state index contributed by atoms with van der Waals surface area (Å²) in [7, 11) is 4.89. The summed E-state index contributed by atoms with van der Waals surface area (Å²) in [5.74, 6) is 3.77. The van der Waals surface area contributed by atoms with Crippen LogP contribution in [0.5, 0.6) is 28.7 Å². The molecule has 2 aromatic rings. The van der Waals surface area contributed by atoms with Crippen molar-refractivity contribution in [2.24, 2.45) is 0 Å². The van der Waals surface area contributed by atoms with Gasteiger partial charge in [0.05, 0.1) is 33.9 Å². The zero-order valence-corrected chi connectivity index (χ0v) is 13.3. The maximum Gasteiger partial charge on any atom is 0.203 e. The fourth-order valence-corrected chi connectivity index (χ4v) is 3.34. The maximum absolute atomic E-state index is 6.25. The molecule has 2 aliphatic rings. The molecule has 2 heterocycles. The first kappa shape index (κ1) is 14.1. The Kier molecular flexibility index (Phi) is 3.22. The van der Waals surface area contributed by atoms with Crippen molar-refractivity contribution in [3.63, 3.8) is 0 Å². The van der Waals surface area contributed by atoms with E-state index in [2.05, 4.69) is 0 Å². The van der Waals surface area contributed by atoms with Crippen LogP contribution in [0.3, 0.4) is 0 Å². The Balaban J connectivity index is 1.78. The maximum atomic E-state index is 6.25. The van der Waals surface area contributed by atoms with Gasteiger partial charge >= 0.3 is 0 Å². The summed E-state index contributed by atoms with van der Waals surface area (Å²) in [5, 5.41) is 0. The molecule has 2 aromatic carbocycles. The first-order valence-electron chi connectivity index (χ1n) is 7.49. The molecule has 120 valence electrons. The normalized spacial score (nSPS) is 20.5. The Morgan fingerprint density at radius 2 is 1.78 bits per heavy atom. The molecule has 0 amide bonds. The minimum atomic E-state index is -0.0827. The highest BCUT2D eigenvalue weighted by Gasteiger charge is 2.42. The summed E-state index contributed by atoms with van der Waals surface area (Å²) < 4.78 is 28.3. The lowest BCUT2D eigenvalue weighted by Crippen LogP contribution is -2.23. The van der Waals surface area contributed by atoms with Gasteiger partial charge in [0.25, 0.3) is 0 Å². The van der Waals surface area contributed by atoms with Crippen LogP contribution < -0.4 is 23.7 Å². The fraction of sp³-hybridized carbons (Fsp3) is 0.333. The standard InChI is InChI=1S/C18H18O5/c1-19-10-4-5-12-15(8-10)22-9-13-11-6-7-14(20-2)18(21-3)17(11)23-16(12)13/h4-8,13,16H,9H2,1-3H3/t13-,16-/m1/s1. The molecule has 5 heteroatoms. The second kappa shape index (κ2) is 5.26. The smallest absolute Gasteiger partial charge is 0.203 e. The molecule has 0 aliphatic carbocycles. The molecule has 2 aliphatic heterocycles. The molecule has 0 unspecified atom stereocenters.